The number of rotatable bonds is 8. The summed E-state index contributed by atoms with van der Waals surface area (Å²) in [6, 6.07) is 17.2. The zero-order chi connectivity index (χ0) is 31.6. The fourth-order valence-corrected chi connectivity index (χ4v) is 5.26. The van der Waals surface area contributed by atoms with Gasteiger partial charge < -0.3 is 5.32 Å². The van der Waals surface area contributed by atoms with Gasteiger partial charge in [-0.25, -0.2) is 0 Å². The molecule has 3 rings (SSSR count). The quantitative estimate of drug-likeness (QED) is 0.252. The molecule has 0 saturated heterocycles. The number of allylic oxidation sites excluding steroid dienone is 7. The molecule has 0 heterocycles. The van der Waals surface area contributed by atoms with Gasteiger partial charge in [0.1, 0.15) is 0 Å². The normalized spacial score (nSPS) is 18.9. The van der Waals surface area contributed by atoms with E-state index in [1.165, 1.54) is 39.8 Å². The fraction of sp³-hybridized carbons (Fsp3) is 0.450. The molecule has 2 aromatic rings. The second-order valence-electron chi connectivity index (χ2n) is 10.8. The van der Waals surface area contributed by atoms with Crippen molar-refractivity contribution in [3.63, 3.8) is 0 Å². The predicted octanol–water partition coefficient (Wildman–Crippen LogP) is 12.1. The summed E-state index contributed by atoms with van der Waals surface area (Å²) in [7, 11) is 1.95. The SMILES string of the molecule is C=C(/C=C(\C)CNC)c1ccccc1C.C=C(C)c1ccc(C2=CCC(C)(CC)/C(=C\CC)C2C)cc1.CC.CC. The van der Waals surface area contributed by atoms with Crippen LogP contribution in [0.3, 0.4) is 0 Å². The summed E-state index contributed by atoms with van der Waals surface area (Å²) >= 11 is 0. The van der Waals surface area contributed by atoms with Gasteiger partial charge >= 0.3 is 0 Å². The van der Waals surface area contributed by atoms with Gasteiger partial charge in [0, 0.05) is 12.5 Å². The van der Waals surface area contributed by atoms with Gasteiger partial charge in [-0.1, -0.05) is 152 Å². The second-order valence-corrected chi connectivity index (χ2v) is 10.8. The minimum atomic E-state index is 0.330. The van der Waals surface area contributed by atoms with Gasteiger partial charge in [0.15, 0.2) is 0 Å². The Morgan fingerprint density at radius 1 is 0.976 bits per heavy atom. The predicted molar refractivity (Wildman–Crippen MR) is 190 cm³/mol. The molecular formula is C40H61N. The summed E-state index contributed by atoms with van der Waals surface area (Å²) in [5.41, 5.74) is 12.0. The lowest BCUT2D eigenvalue weighted by Crippen LogP contribution is -2.26. The molecule has 0 aromatic heterocycles. The third kappa shape index (κ3) is 11.5. The average molecular weight is 556 g/mol. The molecule has 0 fully saturated rings. The van der Waals surface area contributed by atoms with Crippen LogP contribution >= 0.6 is 0 Å². The van der Waals surface area contributed by atoms with E-state index in [4.69, 9.17) is 0 Å². The van der Waals surface area contributed by atoms with Crippen molar-refractivity contribution < 1.29 is 0 Å². The number of aryl methyl sites for hydroxylation is 1. The van der Waals surface area contributed by atoms with E-state index in [1.54, 1.807) is 5.57 Å². The first kappa shape index (κ1) is 38.1. The largest absolute Gasteiger partial charge is 0.316 e. The Morgan fingerprint density at radius 2 is 1.56 bits per heavy atom. The molecule has 1 heteroatoms. The van der Waals surface area contributed by atoms with Crippen molar-refractivity contribution in [1.82, 2.24) is 5.32 Å². The van der Waals surface area contributed by atoms with Gasteiger partial charge in [-0.15, -0.1) is 0 Å². The van der Waals surface area contributed by atoms with Gasteiger partial charge in [-0.3, -0.25) is 0 Å². The maximum absolute atomic E-state index is 4.10. The molecule has 0 spiro atoms. The van der Waals surface area contributed by atoms with Crippen LogP contribution in [-0.2, 0) is 0 Å². The van der Waals surface area contributed by atoms with Crippen LogP contribution in [0.5, 0.6) is 0 Å². The lowest BCUT2D eigenvalue weighted by molar-refractivity contribution is 0.351. The van der Waals surface area contributed by atoms with Crippen molar-refractivity contribution in [3.8, 4) is 0 Å². The average Bonchev–Trinajstić information content (AvgIpc) is 2.98. The first-order chi connectivity index (χ1) is 19.6. The van der Waals surface area contributed by atoms with Crippen LogP contribution in [0, 0.1) is 18.3 Å². The van der Waals surface area contributed by atoms with E-state index in [2.05, 4.69) is 134 Å². The summed E-state index contributed by atoms with van der Waals surface area (Å²) < 4.78 is 0. The first-order valence-electron chi connectivity index (χ1n) is 15.8. The molecule has 2 aromatic carbocycles. The molecule has 0 saturated carbocycles. The number of hydrogen-bond acceptors (Lipinski definition) is 1. The number of hydrogen-bond donors (Lipinski definition) is 1. The molecule has 1 aliphatic carbocycles. The number of nitrogens with one attached hydrogen (secondary N) is 1. The van der Waals surface area contributed by atoms with Crippen LogP contribution in [-0.4, -0.2) is 13.6 Å². The maximum atomic E-state index is 4.10. The van der Waals surface area contributed by atoms with E-state index >= 15 is 0 Å². The summed E-state index contributed by atoms with van der Waals surface area (Å²) in [6.07, 6.45) is 10.6. The molecule has 0 bridgehead atoms. The Hall–Kier alpha value is -2.90. The Bertz CT molecular complexity index is 1160. The maximum Gasteiger partial charge on any atom is 0.0162 e. The van der Waals surface area contributed by atoms with E-state index in [0.717, 1.165) is 30.5 Å². The van der Waals surface area contributed by atoms with Crippen molar-refractivity contribution in [1.29, 1.82) is 0 Å². The van der Waals surface area contributed by atoms with E-state index in [1.807, 2.05) is 34.7 Å². The standard InChI is InChI=1S/C22H30.C14H19N.2C2H6/c1-7-9-21-17(5)20(14-15-22(21,6)8-2)19-12-10-18(11-13-19)16(3)4;1-11(10-15-4)9-13(3)14-8-6-5-7-12(14)2;2*1-2/h9-14,17H,3,7-8,15H2,1-2,4-6H3;5-9,15H,3,10H2,1-2,4H3;2*1-2H3/b21-9-;11-9+;;. The van der Waals surface area contributed by atoms with Gasteiger partial charge in [0.2, 0.25) is 0 Å². The molecule has 1 aliphatic rings. The van der Waals surface area contributed by atoms with Gasteiger partial charge in [-0.2, -0.15) is 0 Å². The highest BCUT2D eigenvalue weighted by Gasteiger charge is 2.34. The van der Waals surface area contributed by atoms with Crippen LogP contribution < -0.4 is 5.32 Å². The molecule has 2 unspecified atom stereocenters. The number of likely N-dealkylation sites (N-methyl/N-ethyl adjacent to an activating group) is 1. The van der Waals surface area contributed by atoms with Crippen LogP contribution in [0.4, 0.5) is 0 Å². The van der Waals surface area contributed by atoms with Crippen molar-refractivity contribution in [2.75, 3.05) is 13.6 Å². The zero-order valence-electron chi connectivity index (χ0n) is 28.7. The van der Waals surface area contributed by atoms with Crippen molar-refractivity contribution in [2.45, 2.75) is 95.4 Å². The van der Waals surface area contributed by atoms with E-state index < -0.39 is 0 Å². The summed E-state index contributed by atoms with van der Waals surface area (Å²) in [5.74, 6) is 0.509. The van der Waals surface area contributed by atoms with Crippen LogP contribution in [0.15, 0.2) is 91.1 Å². The first-order valence-corrected chi connectivity index (χ1v) is 15.8. The lowest BCUT2D eigenvalue weighted by Gasteiger charge is -2.40. The summed E-state index contributed by atoms with van der Waals surface area (Å²) in [5, 5.41) is 3.13. The third-order valence-electron chi connectivity index (χ3n) is 7.69. The van der Waals surface area contributed by atoms with E-state index in [9.17, 15) is 0 Å². The minimum absolute atomic E-state index is 0.330. The molecule has 2 atom stereocenters. The van der Waals surface area contributed by atoms with Crippen molar-refractivity contribution >= 4 is 16.7 Å². The van der Waals surface area contributed by atoms with Crippen LogP contribution in [0.25, 0.3) is 16.7 Å². The third-order valence-corrected chi connectivity index (χ3v) is 7.69. The molecule has 0 amide bonds. The smallest absolute Gasteiger partial charge is 0.0162 e. The molecule has 226 valence electrons. The molecule has 41 heavy (non-hydrogen) atoms. The highest BCUT2D eigenvalue weighted by molar-refractivity contribution is 5.75. The summed E-state index contributed by atoms with van der Waals surface area (Å²) in [4.78, 5) is 0. The van der Waals surface area contributed by atoms with Gasteiger partial charge in [0.25, 0.3) is 0 Å². The van der Waals surface area contributed by atoms with Crippen molar-refractivity contribution in [2.24, 2.45) is 11.3 Å². The van der Waals surface area contributed by atoms with E-state index in [0.29, 0.717) is 11.3 Å². The minimum Gasteiger partial charge on any atom is -0.316 e. The van der Waals surface area contributed by atoms with Crippen LogP contribution in [0.2, 0.25) is 0 Å². The van der Waals surface area contributed by atoms with Crippen molar-refractivity contribution in [3.05, 3.63) is 113 Å². The Kier molecular flexibility index (Phi) is 18.6. The Balaban J connectivity index is 0.000000735. The van der Waals surface area contributed by atoms with Gasteiger partial charge in [-0.05, 0) is 85.9 Å². The lowest BCUT2D eigenvalue weighted by atomic mass is 9.65. The molecular weight excluding hydrogens is 494 g/mol. The molecule has 0 radical (unpaired) electrons. The number of benzene rings is 2. The molecule has 0 aliphatic heterocycles. The Morgan fingerprint density at radius 3 is 2.05 bits per heavy atom. The fourth-order valence-electron chi connectivity index (χ4n) is 5.26. The van der Waals surface area contributed by atoms with Crippen LogP contribution in [0.1, 0.15) is 111 Å². The highest BCUT2D eigenvalue weighted by Crippen LogP contribution is 2.48. The second kappa shape index (κ2) is 20.1. The topological polar surface area (TPSA) is 12.0 Å². The van der Waals surface area contributed by atoms with Gasteiger partial charge in [0.05, 0.1) is 0 Å². The molecule has 1 nitrogen and oxygen atoms in total. The summed E-state index contributed by atoms with van der Waals surface area (Å²) in [6.45, 7) is 32.7. The van der Waals surface area contributed by atoms with E-state index in [-0.39, 0.29) is 0 Å². The Labute approximate surface area is 255 Å². The molecule has 1 N–H and O–H groups in total. The monoisotopic (exact) mass is 555 g/mol. The highest BCUT2D eigenvalue weighted by atomic mass is 14.8. The zero-order valence-corrected chi connectivity index (χ0v) is 28.7.